The summed E-state index contributed by atoms with van der Waals surface area (Å²) >= 11 is 0. The predicted octanol–water partition coefficient (Wildman–Crippen LogP) is 2.00. The topological polar surface area (TPSA) is 28.4 Å². The Morgan fingerprint density at radius 3 is 3.00 bits per heavy atom. The van der Waals surface area contributed by atoms with Crippen molar-refractivity contribution in [2.24, 2.45) is 0 Å². The fourth-order valence-corrected chi connectivity index (χ4v) is 2.54. The Morgan fingerprint density at radius 1 is 1.31 bits per heavy atom. The van der Waals surface area contributed by atoms with Gasteiger partial charge in [-0.05, 0) is 44.4 Å². The van der Waals surface area contributed by atoms with E-state index >= 15 is 0 Å². The van der Waals surface area contributed by atoms with Gasteiger partial charge in [-0.15, -0.1) is 0 Å². The van der Waals surface area contributed by atoms with Crippen molar-refractivity contribution in [3.05, 3.63) is 24.2 Å². The highest BCUT2D eigenvalue weighted by Gasteiger charge is 2.27. The molecular formula is C13H20N2O. The summed E-state index contributed by atoms with van der Waals surface area (Å²) in [6.45, 7) is 3.36. The minimum absolute atomic E-state index is 0.705. The third kappa shape index (κ3) is 2.66. The Morgan fingerprint density at radius 2 is 2.25 bits per heavy atom. The van der Waals surface area contributed by atoms with Crippen LogP contribution >= 0.6 is 0 Å². The van der Waals surface area contributed by atoms with Crippen LogP contribution in [0.25, 0.3) is 0 Å². The largest absolute Gasteiger partial charge is 0.468 e. The van der Waals surface area contributed by atoms with E-state index in [2.05, 4.69) is 16.3 Å². The molecule has 0 radical (unpaired) electrons. The third-order valence-corrected chi connectivity index (χ3v) is 3.51. The van der Waals surface area contributed by atoms with Crippen molar-refractivity contribution in [1.82, 2.24) is 10.2 Å². The first-order chi connectivity index (χ1) is 7.90. The van der Waals surface area contributed by atoms with Crippen LogP contribution in [-0.4, -0.2) is 30.1 Å². The van der Waals surface area contributed by atoms with Crippen molar-refractivity contribution in [2.45, 2.75) is 44.3 Å². The van der Waals surface area contributed by atoms with E-state index in [9.17, 15) is 0 Å². The van der Waals surface area contributed by atoms with Crippen LogP contribution < -0.4 is 5.32 Å². The first-order valence-electron chi connectivity index (χ1n) is 6.41. The predicted molar refractivity (Wildman–Crippen MR) is 63.2 cm³/mol. The number of rotatable bonds is 4. The van der Waals surface area contributed by atoms with Crippen LogP contribution in [-0.2, 0) is 6.54 Å². The number of likely N-dealkylation sites (tertiary alicyclic amines) is 1. The van der Waals surface area contributed by atoms with Crippen molar-refractivity contribution >= 4 is 0 Å². The van der Waals surface area contributed by atoms with Gasteiger partial charge in [0.1, 0.15) is 5.76 Å². The molecule has 2 heterocycles. The minimum Gasteiger partial charge on any atom is -0.468 e. The lowest BCUT2D eigenvalue weighted by atomic mass is 10.1. The first kappa shape index (κ1) is 10.4. The molecule has 2 aliphatic rings. The summed E-state index contributed by atoms with van der Waals surface area (Å²) in [5, 5.41) is 3.73. The molecule has 0 spiro atoms. The summed E-state index contributed by atoms with van der Waals surface area (Å²) in [5.41, 5.74) is 0. The van der Waals surface area contributed by atoms with E-state index in [1.807, 2.05) is 6.07 Å². The summed E-state index contributed by atoms with van der Waals surface area (Å²) in [4.78, 5) is 2.50. The highest BCUT2D eigenvalue weighted by Crippen LogP contribution is 2.22. The molecule has 1 aromatic heterocycles. The molecule has 0 bridgehead atoms. The third-order valence-electron chi connectivity index (χ3n) is 3.51. The van der Waals surface area contributed by atoms with E-state index in [-0.39, 0.29) is 0 Å². The zero-order valence-corrected chi connectivity index (χ0v) is 9.69. The lowest BCUT2D eigenvalue weighted by Crippen LogP contribution is -2.45. The molecule has 0 aromatic carbocycles. The van der Waals surface area contributed by atoms with Crippen molar-refractivity contribution in [1.29, 1.82) is 0 Å². The van der Waals surface area contributed by atoms with E-state index in [0.717, 1.165) is 18.3 Å². The Labute approximate surface area is 96.8 Å². The average Bonchev–Trinajstić information content (AvgIpc) is 2.94. The Balaban J connectivity index is 1.51. The second-order valence-electron chi connectivity index (χ2n) is 5.09. The molecule has 1 aliphatic carbocycles. The van der Waals surface area contributed by atoms with Gasteiger partial charge in [0.05, 0.1) is 12.8 Å². The maximum absolute atomic E-state index is 5.40. The van der Waals surface area contributed by atoms with Gasteiger partial charge in [0.15, 0.2) is 0 Å². The second kappa shape index (κ2) is 4.60. The van der Waals surface area contributed by atoms with Crippen LogP contribution in [0.2, 0.25) is 0 Å². The summed E-state index contributed by atoms with van der Waals surface area (Å²) in [6, 6.07) is 5.57. The molecule has 16 heavy (non-hydrogen) atoms. The van der Waals surface area contributed by atoms with Gasteiger partial charge in [0.25, 0.3) is 0 Å². The summed E-state index contributed by atoms with van der Waals surface area (Å²) < 4.78 is 5.40. The van der Waals surface area contributed by atoms with E-state index in [4.69, 9.17) is 4.42 Å². The zero-order valence-electron chi connectivity index (χ0n) is 9.69. The molecular weight excluding hydrogens is 200 g/mol. The molecule has 1 N–H and O–H groups in total. The quantitative estimate of drug-likeness (QED) is 0.841. The first-order valence-corrected chi connectivity index (χ1v) is 6.41. The van der Waals surface area contributed by atoms with E-state index in [1.165, 1.54) is 38.8 Å². The molecule has 1 aliphatic heterocycles. The van der Waals surface area contributed by atoms with Gasteiger partial charge in [-0.25, -0.2) is 0 Å². The Bertz CT molecular complexity index is 319. The van der Waals surface area contributed by atoms with E-state index < -0.39 is 0 Å². The number of hydrogen-bond donors (Lipinski definition) is 1. The maximum Gasteiger partial charge on any atom is 0.117 e. The maximum atomic E-state index is 5.40. The standard InChI is InChI=1S/C13H20N2O/c1-3-12(14-11-5-6-11)9-15(7-1)10-13-4-2-8-16-13/h2,4,8,11-12,14H,1,3,5-7,9-10H2. The molecule has 1 atom stereocenters. The van der Waals surface area contributed by atoms with Crippen molar-refractivity contribution in [2.75, 3.05) is 13.1 Å². The van der Waals surface area contributed by atoms with Gasteiger partial charge >= 0.3 is 0 Å². The molecule has 1 saturated carbocycles. The molecule has 1 saturated heterocycles. The van der Waals surface area contributed by atoms with Crippen LogP contribution in [0.5, 0.6) is 0 Å². The van der Waals surface area contributed by atoms with E-state index in [1.54, 1.807) is 6.26 Å². The van der Waals surface area contributed by atoms with Gasteiger partial charge < -0.3 is 9.73 Å². The highest BCUT2D eigenvalue weighted by molar-refractivity contribution is 4.98. The van der Waals surface area contributed by atoms with Gasteiger partial charge in [-0.1, -0.05) is 0 Å². The van der Waals surface area contributed by atoms with Crippen molar-refractivity contribution < 1.29 is 4.42 Å². The zero-order chi connectivity index (χ0) is 10.8. The van der Waals surface area contributed by atoms with Crippen LogP contribution in [0, 0.1) is 0 Å². The Kier molecular flexibility index (Phi) is 2.98. The molecule has 0 amide bonds. The van der Waals surface area contributed by atoms with Crippen LogP contribution in [0.4, 0.5) is 0 Å². The molecule has 3 heteroatoms. The fraction of sp³-hybridized carbons (Fsp3) is 0.692. The van der Waals surface area contributed by atoms with E-state index in [0.29, 0.717) is 6.04 Å². The SMILES string of the molecule is c1coc(CN2CCCC(NC3CC3)C2)c1. The van der Waals surface area contributed by atoms with Crippen molar-refractivity contribution in [3.63, 3.8) is 0 Å². The smallest absolute Gasteiger partial charge is 0.117 e. The lowest BCUT2D eigenvalue weighted by molar-refractivity contribution is 0.171. The second-order valence-corrected chi connectivity index (χ2v) is 5.09. The lowest BCUT2D eigenvalue weighted by Gasteiger charge is -2.32. The number of nitrogens with zero attached hydrogens (tertiary/aromatic N) is 1. The van der Waals surface area contributed by atoms with Crippen molar-refractivity contribution in [3.8, 4) is 0 Å². The Hall–Kier alpha value is -0.800. The highest BCUT2D eigenvalue weighted by atomic mass is 16.3. The van der Waals surface area contributed by atoms with Crippen LogP contribution in [0.3, 0.4) is 0 Å². The normalized spacial score (nSPS) is 27.1. The molecule has 3 nitrogen and oxygen atoms in total. The average molecular weight is 220 g/mol. The summed E-state index contributed by atoms with van der Waals surface area (Å²) in [5.74, 6) is 1.09. The number of piperidine rings is 1. The van der Waals surface area contributed by atoms with Gasteiger partial charge in [0.2, 0.25) is 0 Å². The van der Waals surface area contributed by atoms with Gasteiger partial charge in [-0.3, -0.25) is 4.90 Å². The molecule has 88 valence electrons. The number of hydrogen-bond acceptors (Lipinski definition) is 3. The molecule has 1 unspecified atom stereocenters. The fourth-order valence-electron chi connectivity index (χ4n) is 2.54. The monoisotopic (exact) mass is 220 g/mol. The van der Waals surface area contributed by atoms with Gasteiger partial charge in [-0.2, -0.15) is 0 Å². The van der Waals surface area contributed by atoms with Crippen LogP contribution in [0.15, 0.2) is 22.8 Å². The number of furan rings is 1. The molecule has 3 rings (SSSR count). The molecule has 1 aromatic rings. The summed E-state index contributed by atoms with van der Waals surface area (Å²) in [7, 11) is 0. The summed E-state index contributed by atoms with van der Waals surface area (Å²) in [6.07, 6.45) is 7.18. The van der Waals surface area contributed by atoms with Gasteiger partial charge in [0, 0.05) is 18.6 Å². The van der Waals surface area contributed by atoms with Crippen LogP contribution in [0.1, 0.15) is 31.4 Å². The molecule has 2 fully saturated rings. The minimum atomic E-state index is 0.705. The number of nitrogens with one attached hydrogen (secondary N) is 1.